The molecule has 0 aliphatic carbocycles. The van der Waals surface area contributed by atoms with Crippen LogP contribution in [0.2, 0.25) is 5.15 Å². The molecule has 0 spiro atoms. The lowest BCUT2D eigenvalue weighted by atomic mass is 10.2. The Bertz CT molecular complexity index is 813. The van der Waals surface area contributed by atoms with Gasteiger partial charge in [-0.15, -0.1) is 0 Å². The predicted octanol–water partition coefficient (Wildman–Crippen LogP) is 1.69. The third-order valence-electron chi connectivity index (χ3n) is 5.87. The van der Waals surface area contributed by atoms with E-state index in [9.17, 15) is 9.59 Å². The molecular formula is C22H36ClN7O3S. The van der Waals surface area contributed by atoms with E-state index >= 15 is 0 Å². The minimum atomic E-state index is -0.0558. The van der Waals surface area contributed by atoms with Crippen molar-refractivity contribution >= 4 is 41.1 Å². The van der Waals surface area contributed by atoms with Crippen LogP contribution in [0.25, 0.3) is 0 Å². The van der Waals surface area contributed by atoms with Crippen molar-refractivity contribution < 1.29 is 14.3 Å². The molecule has 3 amide bonds. The molecule has 0 aromatic carbocycles. The number of urea groups is 1. The normalized spacial score (nSPS) is 19.2. The van der Waals surface area contributed by atoms with Crippen LogP contribution in [-0.4, -0.2) is 109 Å². The van der Waals surface area contributed by atoms with Crippen molar-refractivity contribution in [2.24, 2.45) is 0 Å². The fourth-order valence-electron chi connectivity index (χ4n) is 3.91. The molecular weight excluding hydrogens is 478 g/mol. The Hall–Kier alpha value is -1.82. The van der Waals surface area contributed by atoms with E-state index in [0.717, 1.165) is 45.7 Å². The molecule has 1 aromatic rings. The number of piperazine rings is 1. The van der Waals surface area contributed by atoms with E-state index in [0.29, 0.717) is 48.9 Å². The Morgan fingerprint density at radius 2 is 1.97 bits per heavy atom. The molecule has 2 aliphatic rings. The van der Waals surface area contributed by atoms with Crippen molar-refractivity contribution in [2.75, 3.05) is 76.2 Å². The molecule has 10 nitrogen and oxygen atoms in total. The van der Waals surface area contributed by atoms with Crippen molar-refractivity contribution in [2.45, 2.75) is 37.9 Å². The summed E-state index contributed by atoms with van der Waals surface area (Å²) in [6.45, 7) is 11.5. The third-order valence-corrected chi connectivity index (χ3v) is 6.91. The molecule has 0 bridgehead atoms. The molecule has 3 heterocycles. The number of nitrogens with zero attached hydrogens (tertiary/aromatic N) is 5. The van der Waals surface area contributed by atoms with Crippen molar-refractivity contribution in [1.29, 1.82) is 0 Å². The summed E-state index contributed by atoms with van der Waals surface area (Å²) in [6.07, 6.45) is 2.03. The highest BCUT2D eigenvalue weighted by molar-refractivity contribution is 7.99. The van der Waals surface area contributed by atoms with E-state index in [4.69, 9.17) is 16.3 Å². The fraction of sp³-hybridized carbons (Fsp3) is 0.727. The van der Waals surface area contributed by atoms with E-state index in [1.807, 2.05) is 11.8 Å². The molecule has 190 valence electrons. The van der Waals surface area contributed by atoms with Gasteiger partial charge in [0.15, 0.2) is 5.16 Å². The smallest absolute Gasteiger partial charge is 0.317 e. The first-order chi connectivity index (χ1) is 16.5. The van der Waals surface area contributed by atoms with Crippen LogP contribution >= 0.6 is 23.4 Å². The SMILES string of the molecule is CCCCNC(=O)N1CCN(c2cc(Cl)nc(SCC(=O)NCCN3CCOCC3)n2)CC1C. The number of carbonyl (C=O) groups excluding carboxylic acids is 2. The number of nitrogens with one attached hydrogen (secondary N) is 2. The van der Waals surface area contributed by atoms with Crippen molar-refractivity contribution in [1.82, 2.24) is 30.4 Å². The fourth-order valence-corrected chi connectivity index (χ4v) is 4.82. The maximum Gasteiger partial charge on any atom is 0.317 e. The van der Waals surface area contributed by atoms with Crippen molar-refractivity contribution in [3.8, 4) is 0 Å². The molecule has 1 aromatic heterocycles. The van der Waals surface area contributed by atoms with Crippen LogP contribution in [0.5, 0.6) is 0 Å². The van der Waals surface area contributed by atoms with Gasteiger partial charge in [-0.25, -0.2) is 14.8 Å². The minimum absolute atomic E-state index is 0.0165. The van der Waals surface area contributed by atoms with Gasteiger partial charge in [0.05, 0.1) is 19.0 Å². The maximum absolute atomic E-state index is 12.4. The first-order valence-corrected chi connectivity index (χ1v) is 13.4. The van der Waals surface area contributed by atoms with E-state index in [-0.39, 0.29) is 23.7 Å². The number of ether oxygens (including phenoxy) is 1. The van der Waals surface area contributed by atoms with E-state index < -0.39 is 0 Å². The van der Waals surface area contributed by atoms with Crippen LogP contribution in [0, 0.1) is 0 Å². The van der Waals surface area contributed by atoms with Crippen LogP contribution in [0.1, 0.15) is 26.7 Å². The summed E-state index contributed by atoms with van der Waals surface area (Å²) in [7, 11) is 0. The summed E-state index contributed by atoms with van der Waals surface area (Å²) < 4.78 is 5.34. The molecule has 1 atom stereocenters. The van der Waals surface area contributed by atoms with E-state index in [1.54, 1.807) is 6.07 Å². The number of carbonyl (C=O) groups is 2. The molecule has 2 saturated heterocycles. The van der Waals surface area contributed by atoms with Gasteiger partial charge < -0.3 is 25.2 Å². The van der Waals surface area contributed by atoms with Gasteiger partial charge >= 0.3 is 6.03 Å². The molecule has 1 unspecified atom stereocenters. The Morgan fingerprint density at radius 1 is 1.18 bits per heavy atom. The lowest BCUT2D eigenvalue weighted by molar-refractivity contribution is -0.118. The Kier molecular flexibility index (Phi) is 11.0. The maximum atomic E-state index is 12.4. The molecule has 34 heavy (non-hydrogen) atoms. The van der Waals surface area contributed by atoms with Gasteiger partial charge in [0.1, 0.15) is 11.0 Å². The largest absolute Gasteiger partial charge is 0.379 e. The Morgan fingerprint density at radius 3 is 2.71 bits per heavy atom. The molecule has 0 saturated carbocycles. The predicted molar refractivity (Wildman–Crippen MR) is 135 cm³/mol. The van der Waals surface area contributed by atoms with E-state index in [2.05, 4.69) is 37.3 Å². The lowest BCUT2D eigenvalue weighted by Gasteiger charge is -2.40. The number of aromatic nitrogens is 2. The van der Waals surface area contributed by atoms with Gasteiger partial charge in [0.2, 0.25) is 5.91 Å². The first-order valence-electron chi connectivity index (χ1n) is 12.0. The second kappa shape index (κ2) is 13.9. The number of rotatable bonds is 10. The summed E-state index contributed by atoms with van der Waals surface area (Å²) in [6, 6.07) is 1.76. The number of morpholine rings is 1. The quantitative estimate of drug-likeness (QED) is 0.211. The third kappa shape index (κ3) is 8.44. The Balaban J connectivity index is 1.46. The summed E-state index contributed by atoms with van der Waals surface area (Å²) >= 11 is 7.53. The zero-order valence-corrected chi connectivity index (χ0v) is 21.7. The Labute approximate surface area is 211 Å². The van der Waals surface area contributed by atoms with Crippen LogP contribution < -0.4 is 15.5 Å². The average molecular weight is 514 g/mol. The zero-order chi connectivity index (χ0) is 24.3. The zero-order valence-electron chi connectivity index (χ0n) is 20.1. The number of hydrogen-bond acceptors (Lipinski definition) is 8. The topological polar surface area (TPSA) is 103 Å². The number of hydrogen-bond donors (Lipinski definition) is 2. The van der Waals surface area contributed by atoms with Gasteiger partial charge in [-0.05, 0) is 13.3 Å². The number of amides is 3. The van der Waals surface area contributed by atoms with Gasteiger partial charge in [-0.1, -0.05) is 36.7 Å². The highest BCUT2D eigenvalue weighted by Crippen LogP contribution is 2.24. The summed E-state index contributed by atoms with van der Waals surface area (Å²) in [5.41, 5.74) is 0. The number of halogens is 1. The summed E-state index contributed by atoms with van der Waals surface area (Å²) in [4.78, 5) is 39.8. The molecule has 12 heteroatoms. The van der Waals surface area contributed by atoms with Crippen molar-refractivity contribution in [3.05, 3.63) is 11.2 Å². The standard InChI is InChI=1S/C22H36ClN7O3S/c1-3-4-5-25-22(32)30-9-8-29(15-17(30)2)19-14-18(23)26-21(27-19)34-16-20(31)24-6-7-28-10-12-33-13-11-28/h14,17H,3-13,15-16H2,1-2H3,(H,24,31)(H,25,32). The second-order valence-corrected chi connectivity index (χ2v) is 9.83. The number of unbranched alkanes of at least 4 members (excludes halogenated alkanes) is 1. The van der Waals surface area contributed by atoms with Gasteiger partial charge in [0, 0.05) is 64.5 Å². The van der Waals surface area contributed by atoms with Crippen molar-refractivity contribution in [3.63, 3.8) is 0 Å². The van der Waals surface area contributed by atoms with Crippen LogP contribution in [0.3, 0.4) is 0 Å². The number of thioether (sulfide) groups is 1. The lowest BCUT2D eigenvalue weighted by Crippen LogP contribution is -2.56. The molecule has 2 fully saturated rings. The van der Waals surface area contributed by atoms with E-state index in [1.165, 1.54) is 11.8 Å². The number of anilines is 1. The molecule has 3 rings (SSSR count). The monoisotopic (exact) mass is 513 g/mol. The van der Waals surface area contributed by atoms with Gasteiger partial charge in [-0.2, -0.15) is 0 Å². The molecule has 2 N–H and O–H groups in total. The average Bonchev–Trinajstić information content (AvgIpc) is 2.83. The summed E-state index contributed by atoms with van der Waals surface area (Å²) in [5.74, 6) is 0.887. The minimum Gasteiger partial charge on any atom is -0.379 e. The van der Waals surface area contributed by atoms with Gasteiger partial charge in [0.25, 0.3) is 0 Å². The highest BCUT2D eigenvalue weighted by Gasteiger charge is 2.28. The van der Waals surface area contributed by atoms with Crippen LogP contribution in [0.4, 0.5) is 10.6 Å². The molecule has 2 aliphatic heterocycles. The second-order valence-electron chi connectivity index (χ2n) is 8.50. The summed E-state index contributed by atoms with van der Waals surface area (Å²) in [5, 5.41) is 6.75. The van der Waals surface area contributed by atoms with Crippen LogP contribution in [0.15, 0.2) is 11.2 Å². The molecule has 0 radical (unpaired) electrons. The first kappa shape index (κ1) is 26.8. The van der Waals surface area contributed by atoms with Crippen LogP contribution in [-0.2, 0) is 9.53 Å². The highest BCUT2D eigenvalue weighted by atomic mass is 35.5. The van der Waals surface area contributed by atoms with Gasteiger partial charge in [-0.3, -0.25) is 9.69 Å².